The number of nitrogens with zero attached hydrogens (tertiary/aromatic N) is 1. The van der Waals surface area contributed by atoms with Crippen molar-refractivity contribution in [3.8, 4) is 0 Å². The average molecular weight is 253 g/mol. The average Bonchev–Trinajstić information content (AvgIpc) is 2.27. The predicted molar refractivity (Wildman–Crippen MR) is 69.7 cm³/mol. The Bertz CT molecular complexity index is 414. The standard InChI is InChI=1S/C13H16FNOS/c1-9-7-15(8-10(2)16-9)13(17)11-5-3-4-6-12(11)14/h3-6,9-10H,7-8H2,1-2H3/t9-,10-/m0/s1. The van der Waals surface area contributed by atoms with Crippen LogP contribution in [0, 0.1) is 5.82 Å². The Morgan fingerprint density at radius 1 is 1.29 bits per heavy atom. The molecule has 0 spiro atoms. The van der Waals surface area contributed by atoms with E-state index in [1.807, 2.05) is 18.7 Å². The van der Waals surface area contributed by atoms with Crippen LogP contribution >= 0.6 is 12.2 Å². The maximum Gasteiger partial charge on any atom is 0.133 e. The van der Waals surface area contributed by atoms with Crippen LogP contribution in [-0.4, -0.2) is 35.2 Å². The Hall–Kier alpha value is -1.00. The van der Waals surface area contributed by atoms with Gasteiger partial charge in [-0.25, -0.2) is 4.39 Å². The fourth-order valence-electron chi connectivity index (χ4n) is 2.15. The molecule has 0 radical (unpaired) electrons. The normalized spacial score (nSPS) is 24.8. The molecule has 0 bridgehead atoms. The smallest absolute Gasteiger partial charge is 0.133 e. The maximum absolute atomic E-state index is 13.6. The van der Waals surface area contributed by atoms with Crippen LogP contribution in [0.25, 0.3) is 0 Å². The van der Waals surface area contributed by atoms with Crippen molar-refractivity contribution in [2.45, 2.75) is 26.1 Å². The summed E-state index contributed by atoms with van der Waals surface area (Å²) in [5.74, 6) is -0.260. The van der Waals surface area contributed by atoms with E-state index >= 15 is 0 Å². The van der Waals surface area contributed by atoms with Crippen LogP contribution in [0.4, 0.5) is 4.39 Å². The molecule has 1 heterocycles. The van der Waals surface area contributed by atoms with Crippen LogP contribution in [0.1, 0.15) is 19.4 Å². The number of thiocarbonyl (C=S) groups is 1. The summed E-state index contributed by atoms with van der Waals surface area (Å²) < 4.78 is 19.3. The first kappa shape index (κ1) is 12.5. The van der Waals surface area contributed by atoms with Gasteiger partial charge in [0.15, 0.2) is 0 Å². The van der Waals surface area contributed by atoms with E-state index in [-0.39, 0.29) is 18.0 Å². The molecule has 1 fully saturated rings. The molecule has 1 aliphatic rings. The molecule has 1 saturated heterocycles. The van der Waals surface area contributed by atoms with E-state index in [9.17, 15) is 4.39 Å². The minimum absolute atomic E-state index is 0.128. The van der Waals surface area contributed by atoms with Gasteiger partial charge in [-0.3, -0.25) is 0 Å². The van der Waals surface area contributed by atoms with Crippen LogP contribution in [0.5, 0.6) is 0 Å². The highest BCUT2D eigenvalue weighted by molar-refractivity contribution is 7.80. The van der Waals surface area contributed by atoms with E-state index in [1.165, 1.54) is 6.07 Å². The third-order valence-corrected chi connectivity index (χ3v) is 3.29. The summed E-state index contributed by atoms with van der Waals surface area (Å²) in [6.45, 7) is 5.45. The summed E-state index contributed by atoms with van der Waals surface area (Å²) in [6, 6.07) is 6.64. The molecule has 4 heteroatoms. The molecule has 17 heavy (non-hydrogen) atoms. The summed E-state index contributed by atoms with van der Waals surface area (Å²) in [5, 5.41) is 0. The molecular formula is C13H16FNOS. The van der Waals surface area contributed by atoms with E-state index in [4.69, 9.17) is 17.0 Å². The van der Waals surface area contributed by atoms with Crippen molar-refractivity contribution in [3.05, 3.63) is 35.6 Å². The number of rotatable bonds is 1. The molecule has 0 aliphatic carbocycles. The number of hydrogen-bond acceptors (Lipinski definition) is 2. The highest BCUT2D eigenvalue weighted by Crippen LogP contribution is 2.17. The molecule has 0 N–H and O–H groups in total. The second-order valence-electron chi connectivity index (χ2n) is 4.45. The van der Waals surface area contributed by atoms with Crippen molar-refractivity contribution in [1.29, 1.82) is 0 Å². The minimum Gasteiger partial charge on any atom is -0.372 e. The molecule has 2 rings (SSSR count). The maximum atomic E-state index is 13.6. The van der Waals surface area contributed by atoms with Crippen LogP contribution in [0.3, 0.4) is 0 Å². The quantitative estimate of drug-likeness (QED) is 0.714. The number of hydrogen-bond donors (Lipinski definition) is 0. The van der Waals surface area contributed by atoms with Crippen molar-refractivity contribution < 1.29 is 9.13 Å². The third-order valence-electron chi connectivity index (χ3n) is 2.81. The number of halogens is 1. The van der Waals surface area contributed by atoms with Gasteiger partial charge in [0.1, 0.15) is 10.8 Å². The zero-order valence-corrected chi connectivity index (χ0v) is 10.8. The number of morpholine rings is 1. The second-order valence-corrected chi connectivity index (χ2v) is 4.83. The highest BCUT2D eigenvalue weighted by Gasteiger charge is 2.25. The summed E-state index contributed by atoms with van der Waals surface area (Å²) >= 11 is 5.36. The van der Waals surface area contributed by atoms with Gasteiger partial charge in [-0.15, -0.1) is 0 Å². The molecule has 2 atom stereocenters. The predicted octanol–water partition coefficient (Wildman–Crippen LogP) is 2.61. The van der Waals surface area contributed by atoms with E-state index in [2.05, 4.69) is 0 Å². The Morgan fingerprint density at radius 3 is 2.47 bits per heavy atom. The van der Waals surface area contributed by atoms with E-state index in [0.717, 1.165) is 13.1 Å². The zero-order chi connectivity index (χ0) is 12.4. The Labute approximate surface area is 106 Å². The molecule has 0 aromatic heterocycles. The van der Waals surface area contributed by atoms with Crippen molar-refractivity contribution >= 4 is 17.2 Å². The monoisotopic (exact) mass is 253 g/mol. The van der Waals surface area contributed by atoms with Gasteiger partial charge < -0.3 is 9.64 Å². The molecule has 1 aromatic rings. The Kier molecular flexibility index (Phi) is 3.74. The summed E-state index contributed by atoms with van der Waals surface area (Å²) in [6.07, 6.45) is 0.256. The third kappa shape index (κ3) is 2.82. The van der Waals surface area contributed by atoms with Crippen LogP contribution in [0.2, 0.25) is 0 Å². The Balaban J connectivity index is 2.17. The second kappa shape index (κ2) is 5.10. The summed E-state index contributed by atoms with van der Waals surface area (Å²) in [7, 11) is 0. The first-order valence-electron chi connectivity index (χ1n) is 5.77. The van der Waals surface area contributed by atoms with Crippen molar-refractivity contribution in [2.24, 2.45) is 0 Å². The van der Waals surface area contributed by atoms with Gasteiger partial charge in [0, 0.05) is 18.7 Å². The van der Waals surface area contributed by atoms with Crippen LogP contribution in [0.15, 0.2) is 24.3 Å². The van der Waals surface area contributed by atoms with Gasteiger partial charge >= 0.3 is 0 Å². The molecule has 1 aromatic carbocycles. The number of benzene rings is 1. The first-order valence-corrected chi connectivity index (χ1v) is 6.18. The molecule has 92 valence electrons. The molecule has 2 nitrogen and oxygen atoms in total. The van der Waals surface area contributed by atoms with Gasteiger partial charge in [0.25, 0.3) is 0 Å². The molecular weight excluding hydrogens is 237 g/mol. The van der Waals surface area contributed by atoms with E-state index < -0.39 is 0 Å². The highest BCUT2D eigenvalue weighted by atomic mass is 32.1. The fourth-order valence-corrected chi connectivity index (χ4v) is 2.46. The lowest BCUT2D eigenvalue weighted by Crippen LogP contribution is -2.48. The lowest BCUT2D eigenvalue weighted by Gasteiger charge is -2.37. The largest absolute Gasteiger partial charge is 0.372 e. The lowest BCUT2D eigenvalue weighted by molar-refractivity contribution is -0.0472. The van der Waals surface area contributed by atoms with Crippen LogP contribution < -0.4 is 0 Å². The number of ether oxygens (including phenoxy) is 1. The van der Waals surface area contributed by atoms with E-state index in [1.54, 1.807) is 18.2 Å². The van der Waals surface area contributed by atoms with Crippen molar-refractivity contribution in [1.82, 2.24) is 4.90 Å². The van der Waals surface area contributed by atoms with Gasteiger partial charge in [-0.2, -0.15) is 0 Å². The van der Waals surface area contributed by atoms with E-state index in [0.29, 0.717) is 10.6 Å². The molecule has 0 amide bonds. The van der Waals surface area contributed by atoms with Crippen molar-refractivity contribution in [2.75, 3.05) is 13.1 Å². The molecule has 1 aliphatic heterocycles. The Morgan fingerprint density at radius 2 is 1.88 bits per heavy atom. The summed E-state index contributed by atoms with van der Waals surface area (Å²) in [4.78, 5) is 2.59. The van der Waals surface area contributed by atoms with Gasteiger partial charge in [0.2, 0.25) is 0 Å². The fraction of sp³-hybridized carbons (Fsp3) is 0.462. The van der Waals surface area contributed by atoms with Crippen LogP contribution in [-0.2, 0) is 4.74 Å². The SMILES string of the molecule is C[C@H]1CN(C(=S)c2ccccc2F)C[C@H](C)O1. The zero-order valence-electron chi connectivity index (χ0n) is 10.0. The van der Waals surface area contributed by atoms with Gasteiger partial charge in [0.05, 0.1) is 12.2 Å². The minimum atomic E-state index is -0.260. The molecule has 0 unspecified atom stereocenters. The van der Waals surface area contributed by atoms with Gasteiger partial charge in [-0.05, 0) is 26.0 Å². The van der Waals surface area contributed by atoms with Gasteiger partial charge in [-0.1, -0.05) is 24.4 Å². The lowest BCUT2D eigenvalue weighted by atomic mass is 10.1. The molecule has 0 saturated carbocycles. The first-order chi connectivity index (χ1) is 8.08. The topological polar surface area (TPSA) is 12.5 Å². The summed E-state index contributed by atoms with van der Waals surface area (Å²) in [5.41, 5.74) is 0.504. The van der Waals surface area contributed by atoms with Crippen molar-refractivity contribution in [3.63, 3.8) is 0 Å².